The van der Waals surface area contributed by atoms with Gasteiger partial charge in [-0.2, -0.15) is 0 Å². The van der Waals surface area contributed by atoms with Gasteiger partial charge in [0.15, 0.2) is 0 Å². The number of hydrogen-bond acceptors (Lipinski definition) is 2. The molecular weight excluding hydrogens is 361 g/mol. The Morgan fingerprint density at radius 2 is 1.73 bits per heavy atom. The second-order valence-electron chi connectivity index (χ2n) is 4.56. The van der Waals surface area contributed by atoms with Gasteiger partial charge in [-0.25, -0.2) is 0 Å². The lowest BCUT2D eigenvalue weighted by atomic mass is 10.0. The van der Waals surface area contributed by atoms with Crippen LogP contribution in [-0.2, 0) is 0 Å². The van der Waals surface area contributed by atoms with Gasteiger partial charge in [0.05, 0.1) is 6.61 Å². The molecule has 118 valence electrons. The third-order valence-corrected chi connectivity index (χ3v) is 3.26. The van der Waals surface area contributed by atoms with Crippen molar-refractivity contribution in [3.63, 3.8) is 0 Å². The second kappa shape index (κ2) is 7.05. The van der Waals surface area contributed by atoms with Crippen molar-refractivity contribution in [3.8, 4) is 22.6 Å². The highest BCUT2D eigenvalue weighted by Gasteiger charge is 2.31. The largest absolute Gasteiger partial charge is 0.573 e. The summed E-state index contributed by atoms with van der Waals surface area (Å²) in [4.78, 5) is 0. The summed E-state index contributed by atoms with van der Waals surface area (Å²) in [5.74, 6) is 0.485. The number of ether oxygens (including phenoxy) is 2. The van der Waals surface area contributed by atoms with E-state index in [0.717, 1.165) is 22.4 Å². The van der Waals surface area contributed by atoms with Crippen molar-refractivity contribution >= 4 is 15.9 Å². The molecule has 0 radical (unpaired) electrons. The van der Waals surface area contributed by atoms with Crippen molar-refractivity contribution < 1.29 is 22.6 Å². The highest BCUT2D eigenvalue weighted by molar-refractivity contribution is 9.09. The standard InChI is InChI=1S/C16H14BrF3O2/c1-11-3-2-4-14(15(11)21-10-9-17)12-5-7-13(8-6-12)22-16(18,19)20/h2-8H,9-10H2,1H3. The number of alkyl halides is 4. The van der Waals surface area contributed by atoms with Crippen LogP contribution in [0.15, 0.2) is 42.5 Å². The van der Waals surface area contributed by atoms with E-state index in [1.54, 1.807) is 12.1 Å². The van der Waals surface area contributed by atoms with Gasteiger partial charge in [0.25, 0.3) is 0 Å². The summed E-state index contributed by atoms with van der Waals surface area (Å²) >= 11 is 3.30. The third-order valence-electron chi connectivity index (χ3n) is 2.93. The predicted molar refractivity (Wildman–Crippen MR) is 82.6 cm³/mol. The molecule has 6 heteroatoms. The van der Waals surface area contributed by atoms with Crippen LogP contribution in [0.2, 0.25) is 0 Å². The minimum absolute atomic E-state index is 0.244. The van der Waals surface area contributed by atoms with Crippen molar-refractivity contribution in [2.24, 2.45) is 0 Å². The molecule has 0 bridgehead atoms. The minimum atomic E-state index is -4.69. The molecule has 0 aromatic heterocycles. The first-order chi connectivity index (χ1) is 10.4. The van der Waals surface area contributed by atoms with Crippen LogP contribution in [0.3, 0.4) is 0 Å². The molecule has 0 aliphatic carbocycles. The number of hydrogen-bond donors (Lipinski definition) is 0. The summed E-state index contributed by atoms with van der Waals surface area (Å²) < 4.78 is 46.1. The lowest BCUT2D eigenvalue weighted by Crippen LogP contribution is -2.16. The van der Waals surface area contributed by atoms with E-state index in [9.17, 15) is 13.2 Å². The van der Waals surface area contributed by atoms with Crippen LogP contribution in [0.4, 0.5) is 13.2 Å². The van der Waals surface area contributed by atoms with Crippen molar-refractivity contribution in [1.82, 2.24) is 0 Å². The summed E-state index contributed by atoms with van der Waals surface area (Å²) in [5, 5.41) is 0.694. The normalized spacial score (nSPS) is 11.3. The molecule has 0 N–H and O–H groups in total. The van der Waals surface area contributed by atoms with Crippen molar-refractivity contribution in [3.05, 3.63) is 48.0 Å². The van der Waals surface area contributed by atoms with E-state index in [1.807, 2.05) is 25.1 Å². The zero-order chi connectivity index (χ0) is 16.2. The van der Waals surface area contributed by atoms with Gasteiger partial charge in [0.2, 0.25) is 0 Å². The Morgan fingerprint density at radius 3 is 2.32 bits per heavy atom. The van der Waals surface area contributed by atoms with Crippen molar-refractivity contribution in [2.75, 3.05) is 11.9 Å². The number of para-hydroxylation sites is 1. The molecule has 0 amide bonds. The number of halogens is 4. The number of rotatable bonds is 5. The Bertz CT molecular complexity index is 624. The molecule has 0 unspecified atom stereocenters. The van der Waals surface area contributed by atoms with E-state index in [-0.39, 0.29) is 5.75 Å². The molecule has 0 atom stereocenters. The molecule has 0 aliphatic heterocycles. The van der Waals surface area contributed by atoms with Crippen LogP contribution in [0.5, 0.6) is 11.5 Å². The molecule has 0 aliphatic rings. The smallest absolute Gasteiger partial charge is 0.492 e. The maximum absolute atomic E-state index is 12.2. The van der Waals surface area contributed by atoms with Gasteiger partial charge in [-0.15, -0.1) is 13.2 Å². The molecule has 0 fully saturated rings. The first-order valence-corrected chi connectivity index (χ1v) is 7.67. The molecular formula is C16H14BrF3O2. The van der Waals surface area contributed by atoms with Gasteiger partial charge >= 0.3 is 6.36 Å². The van der Waals surface area contributed by atoms with Crippen molar-refractivity contribution in [2.45, 2.75) is 13.3 Å². The van der Waals surface area contributed by atoms with Crippen molar-refractivity contribution in [1.29, 1.82) is 0 Å². The Balaban J connectivity index is 2.30. The summed E-state index contributed by atoms with van der Waals surface area (Å²) in [6.07, 6.45) is -4.69. The van der Waals surface area contributed by atoms with Crippen LogP contribution in [0, 0.1) is 6.92 Å². The number of benzene rings is 2. The summed E-state index contributed by atoms with van der Waals surface area (Å²) in [6, 6.07) is 11.4. The Morgan fingerprint density at radius 1 is 1.05 bits per heavy atom. The SMILES string of the molecule is Cc1cccc(-c2ccc(OC(F)(F)F)cc2)c1OCCBr. The number of aryl methyl sites for hydroxylation is 1. The van der Waals surface area contributed by atoms with E-state index >= 15 is 0 Å². The lowest BCUT2D eigenvalue weighted by molar-refractivity contribution is -0.274. The summed E-state index contributed by atoms with van der Waals surface area (Å²) in [7, 11) is 0. The van der Waals surface area contributed by atoms with Crippen LogP contribution in [0.1, 0.15) is 5.56 Å². The highest BCUT2D eigenvalue weighted by atomic mass is 79.9. The van der Waals surface area contributed by atoms with E-state index in [4.69, 9.17) is 4.74 Å². The molecule has 2 aromatic rings. The predicted octanol–water partition coefficient (Wildman–Crippen LogP) is 5.33. The van der Waals surface area contributed by atoms with Gasteiger partial charge in [-0.1, -0.05) is 46.3 Å². The zero-order valence-electron chi connectivity index (χ0n) is 11.8. The summed E-state index contributed by atoms with van der Waals surface area (Å²) in [5.41, 5.74) is 2.57. The first-order valence-electron chi connectivity index (χ1n) is 6.55. The fraction of sp³-hybridized carbons (Fsp3) is 0.250. The molecule has 0 saturated carbocycles. The second-order valence-corrected chi connectivity index (χ2v) is 5.35. The van der Waals surface area contributed by atoms with E-state index in [2.05, 4.69) is 20.7 Å². The van der Waals surface area contributed by atoms with Crippen LogP contribution in [0.25, 0.3) is 11.1 Å². The van der Waals surface area contributed by atoms with E-state index in [1.165, 1.54) is 12.1 Å². The Hall–Kier alpha value is -1.69. The fourth-order valence-electron chi connectivity index (χ4n) is 2.05. The van der Waals surface area contributed by atoms with E-state index < -0.39 is 6.36 Å². The fourth-order valence-corrected chi connectivity index (χ4v) is 2.21. The van der Waals surface area contributed by atoms with Gasteiger partial charge < -0.3 is 9.47 Å². The average Bonchev–Trinajstić information content (AvgIpc) is 2.45. The van der Waals surface area contributed by atoms with Gasteiger partial charge in [-0.05, 0) is 30.2 Å². The van der Waals surface area contributed by atoms with E-state index in [0.29, 0.717) is 11.9 Å². The van der Waals surface area contributed by atoms with Gasteiger partial charge in [0.1, 0.15) is 11.5 Å². The quantitative estimate of drug-likeness (QED) is 0.658. The average molecular weight is 375 g/mol. The van der Waals surface area contributed by atoms with Gasteiger partial charge in [0, 0.05) is 10.9 Å². The Labute approximate surface area is 135 Å². The minimum Gasteiger partial charge on any atom is -0.492 e. The molecule has 22 heavy (non-hydrogen) atoms. The molecule has 2 rings (SSSR count). The molecule has 0 spiro atoms. The molecule has 0 heterocycles. The first kappa shape index (κ1) is 16.7. The van der Waals surface area contributed by atoms with Crippen LogP contribution >= 0.6 is 15.9 Å². The maximum Gasteiger partial charge on any atom is 0.573 e. The molecule has 2 aromatic carbocycles. The third kappa shape index (κ3) is 4.40. The lowest BCUT2D eigenvalue weighted by Gasteiger charge is -2.14. The zero-order valence-corrected chi connectivity index (χ0v) is 13.4. The van der Waals surface area contributed by atoms with Gasteiger partial charge in [-0.3, -0.25) is 0 Å². The van der Waals surface area contributed by atoms with Crippen LogP contribution < -0.4 is 9.47 Å². The Kier molecular flexibility index (Phi) is 5.34. The maximum atomic E-state index is 12.2. The van der Waals surface area contributed by atoms with Crippen LogP contribution in [-0.4, -0.2) is 18.3 Å². The topological polar surface area (TPSA) is 18.5 Å². The monoisotopic (exact) mass is 374 g/mol. The molecule has 2 nitrogen and oxygen atoms in total. The summed E-state index contributed by atoms with van der Waals surface area (Å²) in [6.45, 7) is 2.43. The molecule has 0 saturated heterocycles. The highest BCUT2D eigenvalue weighted by Crippen LogP contribution is 2.34.